The van der Waals surface area contributed by atoms with Crippen LogP contribution in [-0.2, 0) is 0 Å². The molecule has 1 aliphatic rings. The van der Waals surface area contributed by atoms with E-state index in [1.807, 2.05) is 0 Å². The van der Waals surface area contributed by atoms with E-state index in [1.54, 1.807) is 67.6 Å². The van der Waals surface area contributed by atoms with Gasteiger partial charge >= 0.3 is 0 Å². The smallest absolute Gasteiger partial charge is 0.266 e. The van der Waals surface area contributed by atoms with Crippen LogP contribution in [0.2, 0.25) is 0 Å². The molecule has 3 aromatic carbocycles. The minimum Gasteiger partial charge on any atom is -0.273 e. The quantitative estimate of drug-likeness (QED) is 0.254. The molecule has 0 unspecified atom stereocenters. The lowest BCUT2D eigenvalue weighted by molar-refractivity contribution is 0.0664. The summed E-state index contributed by atoms with van der Waals surface area (Å²) in [5, 5.41) is 0.779. The standard InChI is InChI=1S/C25H18FN3O3S/c1-15-10-11-16(14-20(15)26)29-24(32)19-8-4-5-9-21(19)27-25(29)33-13-12-28-22(30)17-6-2-3-7-18(17)23(28)31/h2-11,14H,12-13H2,1H3. The number of aromatic nitrogens is 2. The Labute approximate surface area is 192 Å². The van der Waals surface area contributed by atoms with Crippen molar-refractivity contribution < 1.29 is 14.0 Å². The normalized spacial score (nSPS) is 13.1. The number of carbonyl (C=O) groups excluding carboxylic acids is 2. The monoisotopic (exact) mass is 459 g/mol. The number of aryl methyl sites for hydroxylation is 1. The Hall–Kier alpha value is -3.78. The fourth-order valence-electron chi connectivity index (χ4n) is 3.83. The van der Waals surface area contributed by atoms with Crippen LogP contribution in [0.4, 0.5) is 4.39 Å². The Morgan fingerprint density at radius 1 is 0.909 bits per heavy atom. The van der Waals surface area contributed by atoms with E-state index in [4.69, 9.17) is 0 Å². The minimum absolute atomic E-state index is 0.155. The van der Waals surface area contributed by atoms with E-state index < -0.39 is 5.82 Å². The largest absolute Gasteiger partial charge is 0.273 e. The molecule has 1 aliphatic heterocycles. The van der Waals surface area contributed by atoms with Crippen molar-refractivity contribution in [3.8, 4) is 5.69 Å². The van der Waals surface area contributed by atoms with E-state index in [0.29, 0.717) is 44.2 Å². The average molecular weight is 460 g/mol. The Balaban J connectivity index is 1.48. The van der Waals surface area contributed by atoms with Crippen LogP contribution in [0.15, 0.2) is 76.7 Å². The molecule has 4 aromatic rings. The first-order chi connectivity index (χ1) is 16.0. The van der Waals surface area contributed by atoms with Gasteiger partial charge in [-0.15, -0.1) is 0 Å². The highest BCUT2D eigenvalue weighted by atomic mass is 32.2. The van der Waals surface area contributed by atoms with Gasteiger partial charge < -0.3 is 0 Å². The number of nitrogens with zero attached hydrogens (tertiary/aromatic N) is 3. The van der Waals surface area contributed by atoms with Gasteiger partial charge in [0.1, 0.15) is 5.82 Å². The van der Waals surface area contributed by atoms with Crippen LogP contribution >= 0.6 is 11.8 Å². The number of carbonyl (C=O) groups is 2. The highest BCUT2D eigenvalue weighted by molar-refractivity contribution is 7.99. The number of fused-ring (bicyclic) bond motifs is 2. The van der Waals surface area contributed by atoms with Crippen LogP contribution in [0.25, 0.3) is 16.6 Å². The second-order valence-corrected chi connectivity index (χ2v) is 8.70. The Morgan fingerprint density at radius 3 is 2.27 bits per heavy atom. The summed E-state index contributed by atoms with van der Waals surface area (Å²) in [5.74, 6) is -0.763. The van der Waals surface area contributed by atoms with Gasteiger partial charge in [0.15, 0.2) is 5.16 Å². The molecular formula is C25H18FN3O3S. The molecule has 2 amide bonds. The number of rotatable bonds is 5. The van der Waals surface area contributed by atoms with Gasteiger partial charge in [0.25, 0.3) is 17.4 Å². The third-order valence-corrected chi connectivity index (χ3v) is 6.50. The van der Waals surface area contributed by atoms with Crippen LogP contribution < -0.4 is 5.56 Å². The van der Waals surface area contributed by atoms with Crippen molar-refractivity contribution in [2.45, 2.75) is 12.1 Å². The van der Waals surface area contributed by atoms with Gasteiger partial charge in [-0.25, -0.2) is 9.37 Å². The molecule has 0 N–H and O–H groups in total. The summed E-state index contributed by atoms with van der Waals surface area (Å²) in [6.45, 7) is 1.81. The molecule has 0 bridgehead atoms. The van der Waals surface area contributed by atoms with E-state index in [1.165, 1.54) is 27.3 Å². The SMILES string of the molecule is Cc1ccc(-n2c(SCCN3C(=O)c4ccccc4C3=O)nc3ccccc3c2=O)cc1F. The molecule has 0 radical (unpaired) electrons. The molecule has 164 valence electrons. The predicted octanol–water partition coefficient (Wildman–Crippen LogP) is 4.22. The molecule has 0 fully saturated rings. The van der Waals surface area contributed by atoms with Crippen LogP contribution in [0.5, 0.6) is 0 Å². The summed E-state index contributed by atoms with van der Waals surface area (Å²) in [6, 6.07) is 18.3. The minimum atomic E-state index is -0.422. The molecule has 1 aromatic heterocycles. The van der Waals surface area contributed by atoms with Gasteiger partial charge in [-0.2, -0.15) is 0 Å². The molecule has 6 nitrogen and oxygen atoms in total. The molecule has 0 aliphatic carbocycles. The fraction of sp³-hybridized carbons (Fsp3) is 0.120. The van der Waals surface area contributed by atoms with Crippen molar-refractivity contribution in [1.82, 2.24) is 14.5 Å². The van der Waals surface area contributed by atoms with Crippen molar-refractivity contribution in [1.29, 1.82) is 0 Å². The number of imide groups is 1. The maximum absolute atomic E-state index is 14.3. The summed E-state index contributed by atoms with van der Waals surface area (Å²) < 4.78 is 15.7. The maximum Gasteiger partial charge on any atom is 0.266 e. The van der Waals surface area contributed by atoms with Crippen molar-refractivity contribution in [2.75, 3.05) is 12.3 Å². The van der Waals surface area contributed by atoms with E-state index in [2.05, 4.69) is 4.98 Å². The third kappa shape index (κ3) is 3.62. The summed E-state index contributed by atoms with van der Waals surface area (Å²) in [5.41, 5.74) is 1.83. The first-order valence-corrected chi connectivity index (χ1v) is 11.3. The molecule has 8 heteroatoms. The zero-order chi connectivity index (χ0) is 23.1. The van der Waals surface area contributed by atoms with Gasteiger partial charge in [0, 0.05) is 12.3 Å². The van der Waals surface area contributed by atoms with Crippen LogP contribution in [-0.4, -0.2) is 38.6 Å². The van der Waals surface area contributed by atoms with Crippen molar-refractivity contribution >= 4 is 34.5 Å². The summed E-state index contributed by atoms with van der Waals surface area (Å²) in [6.07, 6.45) is 0. The van der Waals surface area contributed by atoms with Crippen LogP contribution in [0.3, 0.4) is 0 Å². The molecule has 5 rings (SSSR count). The first-order valence-electron chi connectivity index (χ1n) is 10.3. The average Bonchev–Trinajstić information content (AvgIpc) is 3.06. The summed E-state index contributed by atoms with van der Waals surface area (Å²) in [7, 11) is 0. The number of hydrogen-bond donors (Lipinski definition) is 0. The number of para-hydroxylation sites is 1. The predicted molar refractivity (Wildman–Crippen MR) is 125 cm³/mol. The highest BCUT2D eigenvalue weighted by Gasteiger charge is 2.34. The zero-order valence-electron chi connectivity index (χ0n) is 17.6. The lowest BCUT2D eigenvalue weighted by Crippen LogP contribution is -2.32. The molecule has 0 saturated carbocycles. The zero-order valence-corrected chi connectivity index (χ0v) is 18.4. The van der Waals surface area contributed by atoms with E-state index >= 15 is 0 Å². The van der Waals surface area contributed by atoms with E-state index in [-0.39, 0.29) is 23.9 Å². The van der Waals surface area contributed by atoms with Crippen molar-refractivity contribution in [3.05, 3.63) is 99.6 Å². The van der Waals surface area contributed by atoms with Gasteiger partial charge in [-0.05, 0) is 48.9 Å². The van der Waals surface area contributed by atoms with Crippen LogP contribution in [0, 0.1) is 12.7 Å². The molecule has 0 atom stereocenters. The van der Waals surface area contributed by atoms with Crippen LogP contribution in [0.1, 0.15) is 26.3 Å². The highest BCUT2D eigenvalue weighted by Crippen LogP contribution is 2.25. The maximum atomic E-state index is 14.3. The topological polar surface area (TPSA) is 72.3 Å². The number of amides is 2. The number of hydrogen-bond acceptors (Lipinski definition) is 5. The summed E-state index contributed by atoms with van der Waals surface area (Å²) >= 11 is 1.23. The molecule has 33 heavy (non-hydrogen) atoms. The lowest BCUT2D eigenvalue weighted by atomic mass is 10.1. The molecule has 0 saturated heterocycles. The van der Waals surface area contributed by atoms with Crippen molar-refractivity contribution in [3.63, 3.8) is 0 Å². The molecule has 0 spiro atoms. The van der Waals surface area contributed by atoms with Gasteiger partial charge in [0.2, 0.25) is 0 Å². The first kappa shape index (κ1) is 21.1. The number of halogens is 1. The van der Waals surface area contributed by atoms with Gasteiger partial charge in [0.05, 0.1) is 27.7 Å². The number of thioether (sulfide) groups is 1. The lowest BCUT2D eigenvalue weighted by Gasteiger charge is -2.16. The third-order valence-electron chi connectivity index (χ3n) is 5.58. The second-order valence-electron chi connectivity index (χ2n) is 7.64. The van der Waals surface area contributed by atoms with Gasteiger partial charge in [-0.3, -0.25) is 23.9 Å². The fourth-order valence-corrected chi connectivity index (χ4v) is 4.76. The number of benzene rings is 3. The Morgan fingerprint density at radius 2 is 1.58 bits per heavy atom. The summed E-state index contributed by atoms with van der Waals surface area (Å²) in [4.78, 5) is 44.3. The Kier molecular flexibility index (Phi) is 5.30. The van der Waals surface area contributed by atoms with Crippen molar-refractivity contribution in [2.24, 2.45) is 0 Å². The van der Waals surface area contributed by atoms with E-state index in [0.717, 1.165) is 0 Å². The molecule has 2 heterocycles. The Bertz CT molecular complexity index is 1460. The molecular weight excluding hydrogens is 441 g/mol. The van der Waals surface area contributed by atoms with E-state index in [9.17, 15) is 18.8 Å². The van der Waals surface area contributed by atoms with Gasteiger partial charge in [-0.1, -0.05) is 42.1 Å². The second kappa shape index (κ2) is 8.29.